The maximum Gasteiger partial charge on any atom is 0.203 e. The summed E-state index contributed by atoms with van der Waals surface area (Å²) in [5.41, 5.74) is 10.7. The second-order valence-corrected chi connectivity index (χ2v) is 5.52. The molecule has 7 nitrogen and oxygen atoms in total. The van der Waals surface area contributed by atoms with Crippen LogP contribution in [0.4, 0.5) is 10.2 Å². The Hall–Kier alpha value is -3.29. The molecule has 3 aromatic heterocycles. The lowest BCUT2D eigenvalue weighted by atomic mass is 10.1. The number of rotatable bonds is 3. The molecule has 0 amide bonds. The molecule has 0 aliphatic rings. The van der Waals surface area contributed by atoms with Gasteiger partial charge in [0.05, 0.1) is 11.9 Å². The third-order valence-corrected chi connectivity index (χ3v) is 3.95. The Balaban J connectivity index is 1.73. The van der Waals surface area contributed by atoms with Crippen molar-refractivity contribution in [3.05, 3.63) is 59.2 Å². The number of nitrogens with two attached hydrogens (primary N) is 1. The van der Waals surface area contributed by atoms with Gasteiger partial charge in [0.1, 0.15) is 17.2 Å². The zero-order valence-corrected chi connectivity index (χ0v) is 12.9. The van der Waals surface area contributed by atoms with Crippen LogP contribution in [0.1, 0.15) is 16.8 Å². The predicted octanol–water partition coefficient (Wildman–Crippen LogP) is 2.16. The van der Waals surface area contributed by atoms with Crippen LogP contribution in [0.5, 0.6) is 0 Å². The number of fused-ring (bicyclic) bond motifs is 1. The van der Waals surface area contributed by atoms with E-state index in [1.165, 1.54) is 12.1 Å². The predicted molar refractivity (Wildman–Crippen MR) is 87.2 cm³/mol. The lowest BCUT2D eigenvalue weighted by molar-refractivity contribution is 0.627. The van der Waals surface area contributed by atoms with Crippen LogP contribution in [0.3, 0.4) is 0 Å². The summed E-state index contributed by atoms with van der Waals surface area (Å²) in [7, 11) is 0. The van der Waals surface area contributed by atoms with Crippen LogP contribution >= 0.6 is 0 Å². The van der Waals surface area contributed by atoms with Crippen LogP contribution in [0.15, 0.2) is 36.5 Å². The molecule has 4 rings (SSSR count). The normalized spacial score (nSPS) is 11.2. The molecule has 24 heavy (non-hydrogen) atoms. The van der Waals surface area contributed by atoms with Gasteiger partial charge in [0, 0.05) is 12.1 Å². The van der Waals surface area contributed by atoms with E-state index >= 15 is 0 Å². The Kier molecular flexibility index (Phi) is 3.23. The van der Waals surface area contributed by atoms with E-state index in [4.69, 9.17) is 5.73 Å². The summed E-state index contributed by atoms with van der Waals surface area (Å²) in [6.45, 7) is 1.97. The Morgan fingerprint density at radius 2 is 1.96 bits per heavy atom. The minimum Gasteiger partial charge on any atom is -0.384 e. The number of H-pyrrole nitrogens is 1. The first-order valence-electron chi connectivity index (χ1n) is 7.37. The Morgan fingerprint density at radius 1 is 1.17 bits per heavy atom. The van der Waals surface area contributed by atoms with Crippen molar-refractivity contribution in [3.8, 4) is 5.69 Å². The van der Waals surface area contributed by atoms with Gasteiger partial charge >= 0.3 is 0 Å². The van der Waals surface area contributed by atoms with Crippen LogP contribution in [0, 0.1) is 12.7 Å². The number of nitrogens with zero attached hydrogens (tertiary/aromatic N) is 5. The van der Waals surface area contributed by atoms with E-state index in [1.54, 1.807) is 29.1 Å². The van der Waals surface area contributed by atoms with E-state index in [1.807, 2.05) is 6.92 Å². The number of hydrogen-bond acceptors (Lipinski definition) is 5. The van der Waals surface area contributed by atoms with Crippen molar-refractivity contribution in [1.29, 1.82) is 0 Å². The molecule has 4 aromatic rings. The molecule has 0 radical (unpaired) electrons. The summed E-state index contributed by atoms with van der Waals surface area (Å²) >= 11 is 0. The van der Waals surface area contributed by atoms with E-state index in [0.717, 1.165) is 22.5 Å². The van der Waals surface area contributed by atoms with Crippen LogP contribution in [0.25, 0.3) is 16.9 Å². The van der Waals surface area contributed by atoms with Gasteiger partial charge in [0.25, 0.3) is 0 Å². The van der Waals surface area contributed by atoms with Crippen LogP contribution in [-0.4, -0.2) is 30.2 Å². The van der Waals surface area contributed by atoms with Gasteiger partial charge in [-0.05, 0) is 48.4 Å². The molecule has 0 saturated carbocycles. The smallest absolute Gasteiger partial charge is 0.203 e. The van der Waals surface area contributed by atoms with Crippen molar-refractivity contribution < 1.29 is 4.39 Å². The molecule has 0 bridgehead atoms. The van der Waals surface area contributed by atoms with Crippen molar-refractivity contribution in [3.63, 3.8) is 0 Å². The molecule has 3 N–H and O–H groups in total. The zero-order chi connectivity index (χ0) is 16.7. The van der Waals surface area contributed by atoms with Gasteiger partial charge in [-0.1, -0.05) is 0 Å². The van der Waals surface area contributed by atoms with Gasteiger partial charge in [-0.25, -0.2) is 14.1 Å². The number of nitrogen functional groups attached to an aromatic ring is 1. The topological polar surface area (TPSA) is 98.3 Å². The van der Waals surface area contributed by atoms with Crippen LogP contribution in [-0.2, 0) is 6.42 Å². The van der Waals surface area contributed by atoms with Crippen molar-refractivity contribution in [2.45, 2.75) is 13.3 Å². The number of aromatic nitrogens is 6. The van der Waals surface area contributed by atoms with Crippen molar-refractivity contribution in [2.75, 3.05) is 5.73 Å². The van der Waals surface area contributed by atoms with Crippen LogP contribution < -0.4 is 5.73 Å². The van der Waals surface area contributed by atoms with E-state index in [9.17, 15) is 4.39 Å². The highest BCUT2D eigenvalue weighted by Gasteiger charge is 2.13. The molecule has 8 heteroatoms. The molecule has 0 atom stereocenters. The van der Waals surface area contributed by atoms with Crippen molar-refractivity contribution in [1.82, 2.24) is 30.2 Å². The third kappa shape index (κ3) is 2.37. The average molecular weight is 323 g/mol. The number of aromatic amines is 1. The summed E-state index contributed by atoms with van der Waals surface area (Å²) in [5, 5.41) is 15.1. The zero-order valence-electron chi connectivity index (χ0n) is 12.9. The highest BCUT2D eigenvalue weighted by atomic mass is 19.1. The van der Waals surface area contributed by atoms with Crippen molar-refractivity contribution in [2.24, 2.45) is 0 Å². The Bertz CT molecular complexity index is 1020. The van der Waals surface area contributed by atoms with Gasteiger partial charge in [0.15, 0.2) is 0 Å². The fraction of sp³-hybridized carbons (Fsp3) is 0.125. The lowest BCUT2D eigenvalue weighted by Gasteiger charge is -2.06. The first kappa shape index (κ1) is 14.3. The highest BCUT2D eigenvalue weighted by molar-refractivity contribution is 5.76. The minimum atomic E-state index is -0.274. The molecule has 0 spiro atoms. The van der Waals surface area contributed by atoms with E-state index in [0.29, 0.717) is 23.4 Å². The summed E-state index contributed by atoms with van der Waals surface area (Å²) in [6, 6.07) is 8.01. The molecule has 0 unspecified atom stereocenters. The SMILES string of the molecule is Cc1c(Cc2cc(N)nc3n[nH]nc23)cnn1-c1ccc(F)cc1. The minimum absolute atomic E-state index is 0.274. The van der Waals surface area contributed by atoms with Gasteiger partial charge in [-0.2, -0.15) is 15.4 Å². The Labute approximate surface area is 136 Å². The molecule has 1 aromatic carbocycles. The number of pyridine rings is 1. The van der Waals surface area contributed by atoms with Gasteiger partial charge in [-0.15, -0.1) is 5.10 Å². The molecule has 0 saturated heterocycles. The molecule has 120 valence electrons. The van der Waals surface area contributed by atoms with E-state index in [2.05, 4.69) is 25.5 Å². The summed E-state index contributed by atoms with van der Waals surface area (Å²) in [4.78, 5) is 4.14. The van der Waals surface area contributed by atoms with E-state index < -0.39 is 0 Å². The number of benzene rings is 1. The Morgan fingerprint density at radius 3 is 2.75 bits per heavy atom. The fourth-order valence-electron chi connectivity index (χ4n) is 2.72. The van der Waals surface area contributed by atoms with Gasteiger partial charge in [-0.3, -0.25) is 0 Å². The number of halogens is 1. The number of anilines is 1. The highest BCUT2D eigenvalue weighted by Crippen LogP contribution is 2.22. The maximum absolute atomic E-state index is 13.1. The first-order chi connectivity index (χ1) is 11.6. The number of nitrogens with one attached hydrogen (secondary N) is 1. The van der Waals surface area contributed by atoms with Crippen LogP contribution in [0.2, 0.25) is 0 Å². The monoisotopic (exact) mass is 323 g/mol. The maximum atomic E-state index is 13.1. The standard InChI is InChI=1S/C16H14FN7/c1-9-11(8-19-24(9)13-4-2-12(17)3-5-13)6-10-7-14(18)20-16-15(10)21-23-22-16/h2-5,7-8H,6H2,1H3,(H3,18,20,21,22,23). The summed E-state index contributed by atoms with van der Waals surface area (Å²) < 4.78 is 14.9. The van der Waals surface area contributed by atoms with E-state index in [-0.39, 0.29) is 5.82 Å². The molecular weight excluding hydrogens is 309 g/mol. The second kappa shape index (κ2) is 5.41. The molecule has 0 aliphatic carbocycles. The molecular formula is C16H14FN7. The average Bonchev–Trinajstić information content (AvgIpc) is 3.16. The third-order valence-electron chi connectivity index (χ3n) is 3.95. The number of hydrogen-bond donors (Lipinski definition) is 2. The molecule has 0 aliphatic heterocycles. The molecule has 0 fully saturated rings. The largest absolute Gasteiger partial charge is 0.384 e. The quantitative estimate of drug-likeness (QED) is 0.602. The van der Waals surface area contributed by atoms with Gasteiger partial charge < -0.3 is 5.73 Å². The fourth-order valence-corrected chi connectivity index (χ4v) is 2.72. The summed E-state index contributed by atoms with van der Waals surface area (Å²) in [5.74, 6) is 0.124. The molecule has 3 heterocycles. The first-order valence-corrected chi connectivity index (χ1v) is 7.37. The van der Waals surface area contributed by atoms with Crippen molar-refractivity contribution >= 4 is 17.0 Å². The van der Waals surface area contributed by atoms with Gasteiger partial charge in [0.2, 0.25) is 5.65 Å². The summed E-state index contributed by atoms with van der Waals surface area (Å²) in [6.07, 6.45) is 2.39. The lowest BCUT2D eigenvalue weighted by Crippen LogP contribution is -2.01. The second-order valence-electron chi connectivity index (χ2n) is 5.52.